The number of thiophene rings is 1. The number of halogens is 2. The van der Waals surface area contributed by atoms with Crippen LogP contribution < -0.4 is 5.32 Å². The first-order valence-corrected chi connectivity index (χ1v) is 9.18. The number of thioether (sulfide) groups is 1. The summed E-state index contributed by atoms with van der Waals surface area (Å²) in [5.74, 6) is 0.0199. The van der Waals surface area contributed by atoms with E-state index in [0.717, 1.165) is 20.1 Å². The van der Waals surface area contributed by atoms with Gasteiger partial charge in [-0.2, -0.15) is 0 Å². The highest BCUT2D eigenvalue weighted by Crippen LogP contribution is 2.32. The average Bonchev–Trinajstić information content (AvgIpc) is 2.89. The van der Waals surface area contributed by atoms with Crippen LogP contribution in [0.2, 0.25) is 10.0 Å². The molecule has 0 aliphatic rings. The lowest BCUT2D eigenvalue weighted by atomic mass is 10.3. The van der Waals surface area contributed by atoms with Crippen molar-refractivity contribution in [2.75, 3.05) is 11.1 Å². The molecule has 0 fully saturated rings. The number of carbonyl (C=O) groups is 1. The van der Waals surface area contributed by atoms with Gasteiger partial charge in [0.15, 0.2) is 0 Å². The summed E-state index contributed by atoms with van der Waals surface area (Å²) in [5, 5.41) is 5.33. The highest BCUT2D eigenvalue weighted by molar-refractivity contribution is 8.00. The Bertz CT molecular complexity index is 862. The topological polar surface area (TPSA) is 54.9 Å². The lowest BCUT2D eigenvalue weighted by Crippen LogP contribution is -2.14. The fourth-order valence-electron chi connectivity index (χ4n) is 2.00. The molecule has 4 nitrogen and oxygen atoms in total. The lowest BCUT2D eigenvalue weighted by molar-refractivity contribution is -0.113. The molecule has 0 spiro atoms. The molecule has 0 saturated carbocycles. The maximum atomic E-state index is 12.1. The van der Waals surface area contributed by atoms with Crippen molar-refractivity contribution in [1.82, 2.24) is 9.97 Å². The molecular formula is C15H11Cl2N3OS2. The van der Waals surface area contributed by atoms with Crippen molar-refractivity contribution >= 4 is 68.1 Å². The molecule has 0 unspecified atom stereocenters. The van der Waals surface area contributed by atoms with Crippen molar-refractivity contribution in [1.29, 1.82) is 0 Å². The van der Waals surface area contributed by atoms with Gasteiger partial charge in [0.05, 0.1) is 21.5 Å². The van der Waals surface area contributed by atoms with Crippen LogP contribution in [-0.4, -0.2) is 21.6 Å². The summed E-state index contributed by atoms with van der Waals surface area (Å²) in [6.07, 6.45) is 1.52. The van der Waals surface area contributed by atoms with E-state index in [9.17, 15) is 4.79 Å². The van der Waals surface area contributed by atoms with Gasteiger partial charge in [-0.05, 0) is 25.1 Å². The Morgan fingerprint density at radius 1 is 1.30 bits per heavy atom. The summed E-state index contributed by atoms with van der Waals surface area (Å²) >= 11 is 15.1. The van der Waals surface area contributed by atoms with E-state index in [0.29, 0.717) is 15.7 Å². The van der Waals surface area contributed by atoms with Crippen molar-refractivity contribution < 1.29 is 4.79 Å². The van der Waals surface area contributed by atoms with Crippen LogP contribution in [0.3, 0.4) is 0 Å². The maximum Gasteiger partial charge on any atom is 0.234 e. The summed E-state index contributed by atoms with van der Waals surface area (Å²) in [5.41, 5.74) is 0.431. The number of hydrogen-bond acceptors (Lipinski definition) is 5. The van der Waals surface area contributed by atoms with E-state index in [2.05, 4.69) is 15.3 Å². The number of anilines is 1. The zero-order valence-electron chi connectivity index (χ0n) is 12.0. The Morgan fingerprint density at radius 3 is 2.78 bits per heavy atom. The van der Waals surface area contributed by atoms with Crippen LogP contribution in [0.5, 0.6) is 0 Å². The number of hydrogen-bond donors (Lipinski definition) is 1. The first kappa shape index (κ1) is 16.5. The molecule has 0 radical (unpaired) electrons. The minimum atomic E-state index is -0.191. The van der Waals surface area contributed by atoms with E-state index >= 15 is 0 Å². The van der Waals surface area contributed by atoms with Crippen LogP contribution in [-0.2, 0) is 4.79 Å². The Balaban J connectivity index is 1.71. The van der Waals surface area contributed by atoms with Gasteiger partial charge < -0.3 is 5.32 Å². The molecule has 8 heteroatoms. The third-order valence-electron chi connectivity index (χ3n) is 2.98. The average molecular weight is 384 g/mol. The molecule has 3 aromatic rings. The van der Waals surface area contributed by atoms with Crippen LogP contribution in [0.25, 0.3) is 10.2 Å². The smallest absolute Gasteiger partial charge is 0.234 e. The number of amides is 1. The molecule has 0 bridgehead atoms. The van der Waals surface area contributed by atoms with Crippen LogP contribution in [0.1, 0.15) is 4.88 Å². The van der Waals surface area contributed by atoms with Crippen LogP contribution in [0.15, 0.2) is 35.6 Å². The predicted molar refractivity (Wildman–Crippen MR) is 98.0 cm³/mol. The molecule has 23 heavy (non-hydrogen) atoms. The van der Waals surface area contributed by atoms with Crippen molar-refractivity contribution in [2.24, 2.45) is 0 Å². The van der Waals surface area contributed by atoms with Crippen molar-refractivity contribution in [2.45, 2.75) is 11.9 Å². The van der Waals surface area contributed by atoms with Gasteiger partial charge in [0, 0.05) is 10.3 Å². The molecule has 0 aliphatic carbocycles. The van der Waals surface area contributed by atoms with E-state index in [1.165, 1.54) is 18.1 Å². The molecule has 2 heterocycles. The number of para-hydroxylation sites is 1. The minimum Gasteiger partial charge on any atom is -0.323 e. The van der Waals surface area contributed by atoms with E-state index in [1.807, 2.05) is 13.0 Å². The number of benzene rings is 1. The molecular weight excluding hydrogens is 373 g/mol. The fraction of sp³-hybridized carbons (Fsp3) is 0.133. The second-order valence-electron chi connectivity index (χ2n) is 4.69. The number of nitrogens with one attached hydrogen (secondary N) is 1. The molecule has 0 aliphatic heterocycles. The maximum absolute atomic E-state index is 12.1. The molecule has 3 rings (SSSR count). The fourth-order valence-corrected chi connectivity index (χ4v) is 4.17. The zero-order chi connectivity index (χ0) is 16.4. The standard InChI is InChI=1S/C15H11Cl2N3OS2/c1-8-5-9-14(18-7-19-15(9)23-8)22-6-12(21)20-13-10(16)3-2-4-11(13)17/h2-5,7H,6H2,1H3,(H,20,21). The van der Waals surface area contributed by atoms with Gasteiger partial charge in [0.2, 0.25) is 5.91 Å². The summed E-state index contributed by atoms with van der Waals surface area (Å²) < 4.78 is 0. The largest absolute Gasteiger partial charge is 0.323 e. The summed E-state index contributed by atoms with van der Waals surface area (Å²) in [4.78, 5) is 22.7. The number of rotatable bonds is 4. The van der Waals surface area contributed by atoms with Crippen LogP contribution in [0.4, 0.5) is 5.69 Å². The molecule has 2 aromatic heterocycles. The number of carbonyl (C=O) groups excluding carboxylic acids is 1. The molecule has 1 aromatic carbocycles. The second-order valence-corrected chi connectivity index (χ2v) is 7.70. The second kappa shape index (κ2) is 7.05. The summed E-state index contributed by atoms with van der Waals surface area (Å²) in [6, 6.07) is 7.12. The van der Waals surface area contributed by atoms with Crippen LogP contribution >= 0.6 is 46.3 Å². The number of nitrogens with zero attached hydrogens (tertiary/aromatic N) is 2. The van der Waals surface area contributed by atoms with Crippen LogP contribution in [0, 0.1) is 6.92 Å². The van der Waals surface area contributed by atoms with Crippen molar-refractivity contribution in [3.05, 3.63) is 45.5 Å². The SMILES string of the molecule is Cc1cc2c(SCC(=O)Nc3c(Cl)cccc3Cl)ncnc2s1. The Kier molecular flexibility index (Phi) is 5.06. The highest BCUT2D eigenvalue weighted by Gasteiger charge is 2.12. The van der Waals surface area contributed by atoms with E-state index in [-0.39, 0.29) is 11.7 Å². The first-order chi connectivity index (χ1) is 11.0. The van der Waals surface area contributed by atoms with Gasteiger partial charge in [0.1, 0.15) is 16.2 Å². The molecule has 1 N–H and O–H groups in total. The van der Waals surface area contributed by atoms with Crippen molar-refractivity contribution in [3.8, 4) is 0 Å². The number of fused-ring (bicyclic) bond motifs is 1. The quantitative estimate of drug-likeness (QED) is 0.506. The Hall–Kier alpha value is -1.34. The first-order valence-electron chi connectivity index (χ1n) is 6.62. The number of aromatic nitrogens is 2. The van der Waals surface area contributed by atoms with Gasteiger partial charge in [-0.1, -0.05) is 41.0 Å². The molecule has 118 valence electrons. The molecule has 1 amide bonds. The highest BCUT2D eigenvalue weighted by atomic mass is 35.5. The Morgan fingerprint density at radius 2 is 2.04 bits per heavy atom. The van der Waals surface area contributed by atoms with Gasteiger partial charge >= 0.3 is 0 Å². The summed E-state index contributed by atoms with van der Waals surface area (Å²) in [6.45, 7) is 2.02. The lowest BCUT2D eigenvalue weighted by Gasteiger charge is -2.08. The van der Waals surface area contributed by atoms with E-state index in [4.69, 9.17) is 23.2 Å². The van der Waals surface area contributed by atoms with E-state index < -0.39 is 0 Å². The summed E-state index contributed by atoms with van der Waals surface area (Å²) in [7, 11) is 0. The zero-order valence-corrected chi connectivity index (χ0v) is 15.1. The predicted octanol–water partition coefficient (Wildman–Crippen LogP) is 5.04. The van der Waals surface area contributed by atoms with Gasteiger partial charge in [-0.15, -0.1) is 11.3 Å². The third kappa shape index (κ3) is 3.77. The van der Waals surface area contributed by atoms with E-state index in [1.54, 1.807) is 29.5 Å². The van der Waals surface area contributed by atoms with Gasteiger partial charge in [-0.25, -0.2) is 9.97 Å². The minimum absolute atomic E-state index is 0.191. The molecule has 0 saturated heterocycles. The monoisotopic (exact) mass is 383 g/mol. The number of aryl methyl sites for hydroxylation is 1. The third-order valence-corrected chi connectivity index (χ3v) is 5.58. The Labute approximate surface area is 151 Å². The van der Waals surface area contributed by atoms with Gasteiger partial charge in [0.25, 0.3) is 0 Å². The molecule has 0 atom stereocenters. The normalized spacial score (nSPS) is 10.9. The van der Waals surface area contributed by atoms with Crippen molar-refractivity contribution in [3.63, 3.8) is 0 Å². The van der Waals surface area contributed by atoms with Gasteiger partial charge in [-0.3, -0.25) is 4.79 Å².